The molecule has 2 aromatic rings. The fourth-order valence-electron chi connectivity index (χ4n) is 2.01. The van der Waals surface area contributed by atoms with Gasteiger partial charge >= 0.3 is 0 Å². The van der Waals surface area contributed by atoms with E-state index in [-0.39, 0.29) is 11.8 Å². The Balaban J connectivity index is 1.89. The lowest BCUT2D eigenvalue weighted by Crippen LogP contribution is -2.21. The summed E-state index contributed by atoms with van der Waals surface area (Å²) in [6, 6.07) is 16.9. The molecule has 0 bridgehead atoms. The molecule has 0 aliphatic heterocycles. The van der Waals surface area contributed by atoms with E-state index in [1.165, 1.54) is 11.0 Å². The number of carbonyl (C=O) groups excluding carboxylic acids is 2. The molecule has 0 spiro atoms. The van der Waals surface area contributed by atoms with Crippen LogP contribution in [0.1, 0.15) is 21.5 Å². The molecule has 2 amide bonds. The third kappa shape index (κ3) is 5.11. The summed E-state index contributed by atoms with van der Waals surface area (Å²) in [4.78, 5) is 25.1. The van der Waals surface area contributed by atoms with E-state index in [2.05, 4.69) is 5.32 Å². The standard InChI is InChI=1S/C19H20N2O2/c1-21(2)19(23)17-11-8-15(9-12-17)10-13-18(22)20-14-16-6-4-3-5-7-16/h3-13H,14H2,1-2H3,(H,20,22)/b13-10+. The van der Waals surface area contributed by atoms with Gasteiger partial charge in [-0.2, -0.15) is 0 Å². The third-order valence-corrected chi connectivity index (χ3v) is 3.30. The Bertz CT molecular complexity index is 689. The van der Waals surface area contributed by atoms with Crippen molar-refractivity contribution in [3.05, 3.63) is 77.4 Å². The maximum Gasteiger partial charge on any atom is 0.253 e. The SMILES string of the molecule is CN(C)C(=O)c1ccc(/C=C/C(=O)NCc2ccccc2)cc1. The number of nitrogens with zero attached hydrogens (tertiary/aromatic N) is 1. The summed E-state index contributed by atoms with van der Waals surface area (Å²) in [6.07, 6.45) is 3.22. The van der Waals surface area contributed by atoms with Crippen molar-refractivity contribution in [2.24, 2.45) is 0 Å². The molecule has 0 saturated heterocycles. The van der Waals surface area contributed by atoms with Crippen molar-refractivity contribution in [3.8, 4) is 0 Å². The monoisotopic (exact) mass is 308 g/mol. The number of nitrogens with one attached hydrogen (secondary N) is 1. The highest BCUT2D eigenvalue weighted by Crippen LogP contribution is 2.08. The maximum absolute atomic E-state index is 11.8. The predicted octanol–water partition coefficient (Wildman–Crippen LogP) is 2.72. The van der Waals surface area contributed by atoms with Gasteiger partial charge in [0.2, 0.25) is 5.91 Å². The lowest BCUT2D eigenvalue weighted by atomic mass is 10.1. The molecular weight excluding hydrogens is 288 g/mol. The van der Waals surface area contributed by atoms with Gasteiger partial charge in [-0.3, -0.25) is 9.59 Å². The molecule has 0 saturated carbocycles. The first-order valence-corrected chi connectivity index (χ1v) is 7.38. The molecule has 0 aliphatic rings. The van der Waals surface area contributed by atoms with Gasteiger partial charge in [-0.25, -0.2) is 0 Å². The van der Waals surface area contributed by atoms with Crippen molar-refractivity contribution in [2.45, 2.75) is 6.54 Å². The van der Waals surface area contributed by atoms with Crippen LogP contribution in [0.2, 0.25) is 0 Å². The second-order valence-corrected chi connectivity index (χ2v) is 5.36. The molecule has 0 aromatic heterocycles. The van der Waals surface area contributed by atoms with Crippen LogP contribution >= 0.6 is 0 Å². The van der Waals surface area contributed by atoms with Crippen molar-refractivity contribution in [2.75, 3.05) is 14.1 Å². The molecule has 0 fully saturated rings. The first-order valence-electron chi connectivity index (χ1n) is 7.38. The second kappa shape index (κ2) is 7.94. The minimum absolute atomic E-state index is 0.0406. The first kappa shape index (κ1) is 16.5. The van der Waals surface area contributed by atoms with Crippen molar-refractivity contribution in [1.29, 1.82) is 0 Å². The topological polar surface area (TPSA) is 49.4 Å². The van der Waals surface area contributed by atoms with Crippen LogP contribution < -0.4 is 5.32 Å². The normalized spacial score (nSPS) is 10.5. The zero-order valence-electron chi connectivity index (χ0n) is 13.3. The molecule has 4 nitrogen and oxygen atoms in total. The van der Waals surface area contributed by atoms with E-state index in [0.717, 1.165) is 11.1 Å². The number of hydrogen-bond donors (Lipinski definition) is 1. The minimum Gasteiger partial charge on any atom is -0.348 e. The van der Waals surface area contributed by atoms with E-state index < -0.39 is 0 Å². The Kier molecular flexibility index (Phi) is 5.69. The molecule has 0 radical (unpaired) electrons. The van der Waals surface area contributed by atoms with Crippen molar-refractivity contribution in [1.82, 2.24) is 10.2 Å². The molecule has 2 rings (SSSR count). The molecule has 0 aliphatic carbocycles. The average molecular weight is 308 g/mol. The average Bonchev–Trinajstić information content (AvgIpc) is 2.58. The first-order chi connectivity index (χ1) is 11.1. The molecule has 0 atom stereocenters. The third-order valence-electron chi connectivity index (χ3n) is 3.30. The summed E-state index contributed by atoms with van der Waals surface area (Å²) in [6.45, 7) is 0.500. The highest BCUT2D eigenvalue weighted by Gasteiger charge is 2.06. The molecule has 2 aromatic carbocycles. The van der Waals surface area contributed by atoms with Crippen LogP contribution in [0.15, 0.2) is 60.7 Å². The quantitative estimate of drug-likeness (QED) is 0.863. The number of amides is 2. The largest absolute Gasteiger partial charge is 0.348 e. The van der Waals surface area contributed by atoms with Crippen LogP contribution in [0, 0.1) is 0 Å². The maximum atomic E-state index is 11.8. The Labute approximate surface area is 136 Å². The molecule has 0 unspecified atom stereocenters. The van der Waals surface area contributed by atoms with Gasteiger partial charge in [0.05, 0.1) is 0 Å². The smallest absolute Gasteiger partial charge is 0.253 e. The van der Waals surface area contributed by atoms with E-state index in [4.69, 9.17) is 0 Å². The zero-order chi connectivity index (χ0) is 16.7. The van der Waals surface area contributed by atoms with Gasteiger partial charge < -0.3 is 10.2 Å². The van der Waals surface area contributed by atoms with Gasteiger partial charge in [0.25, 0.3) is 5.91 Å². The molecular formula is C19H20N2O2. The van der Waals surface area contributed by atoms with Gasteiger partial charge in [-0.15, -0.1) is 0 Å². The summed E-state index contributed by atoms with van der Waals surface area (Å²) in [5.41, 5.74) is 2.55. The highest BCUT2D eigenvalue weighted by atomic mass is 16.2. The van der Waals surface area contributed by atoms with E-state index >= 15 is 0 Å². The summed E-state index contributed by atoms with van der Waals surface area (Å²) in [5, 5.41) is 2.83. The van der Waals surface area contributed by atoms with Crippen LogP contribution in [0.3, 0.4) is 0 Å². The van der Waals surface area contributed by atoms with Crippen LogP contribution in [0.5, 0.6) is 0 Å². The van der Waals surface area contributed by atoms with Gasteiger partial charge in [0.15, 0.2) is 0 Å². The van der Waals surface area contributed by atoms with Gasteiger partial charge in [0, 0.05) is 32.3 Å². The van der Waals surface area contributed by atoms with E-state index in [9.17, 15) is 9.59 Å². The molecule has 0 heterocycles. The van der Waals surface area contributed by atoms with E-state index in [0.29, 0.717) is 12.1 Å². The Hall–Kier alpha value is -2.88. The predicted molar refractivity (Wildman–Crippen MR) is 91.8 cm³/mol. The van der Waals surface area contributed by atoms with Crippen molar-refractivity contribution in [3.63, 3.8) is 0 Å². The molecule has 23 heavy (non-hydrogen) atoms. The van der Waals surface area contributed by atoms with E-state index in [1.807, 2.05) is 42.5 Å². The van der Waals surface area contributed by atoms with Gasteiger partial charge in [-0.1, -0.05) is 42.5 Å². The van der Waals surface area contributed by atoms with Crippen molar-refractivity contribution < 1.29 is 9.59 Å². The van der Waals surface area contributed by atoms with E-state index in [1.54, 1.807) is 32.3 Å². The fraction of sp³-hybridized carbons (Fsp3) is 0.158. The van der Waals surface area contributed by atoms with Crippen LogP contribution in [-0.2, 0) is 11.3 Å². The number of benzene rings is 2. The lowest BCUT2D eigenvalue weighted by molar-refractivity contribution is -0.116. The van der Waals surface area contributed by atoms with Crippen LogP contribution in [0.25, 0.3) is 6.08 Å². The minimum atomic E-state index is -0.151. The highest BCUT2D eigenvalue weighted by molar-refractivity contribution is 5.94. The lowest BCUT2D eigenvalue weighted by Gasteiger charge is -2.09. The van der Waals surface area contributed by atoms with Crippen molar-refractivity contribution >= 4 is 17.9 Å². The Morgan fingerprint density at radius 2 is 1.65 bits per heavy atom. The second-order valence-electron chi connectivity index (χ2n) is 5.36. The summed E-state index contributed by atoms with van der Waals surface area (Å²) in [7, 11) is 3.43. The van der Waals surface area contributed by atoms with Gasteiger partial charge in [0.1, 0.15) is 0 Å². The Morgan fingerprint density at radius 1 is 1.00 bits per heavy atom. The summed E-state index contributed by atoms with van der Waals surface area (Å²) in [5.74, 6) is -0.191. The number of rotatable bonds is 5. The summed E-state index contributed by atoms with van der Waals surface area (Å²) >= 11 is 0. The number of carbonyl (C=O) groups is 2. The molecule has 1 N–H and O–H groups in total. The van der Waals surface area contributed by atoms with Gasteiger partial charge in [-0.05, 0) is 29.3 Å². The Morgan fingerprint density at radius 3 is 2.26 bits per heavy atom. The molecule has 118 valence electrons. The van der Waals surface area contributed by atoms with Crippen LogP contribution in [0.4, 0.5) is 0 Å². The summed E-state index contributed by atoms with van der Waals surface area (Å²) < 4.78 is 0. The molecule has 4 heteroatoms. The van der Waals surface area contributed by atoms with Crippen LogP contribution in [-0.4, -0.2) is 30.8 Å². The number of hydrogen-bond acceptors (Lipinski definition) is 2. The zero-order valence-corrected chi connectivity index (χ0v) is 13.3. The fourth-order valence-corrected chi connectivity index (χ4v) is 2.01.